The Morgan fingerprint density at radius 1 is 1.33 bits per heavy atom. The van der Waals surface area contributed by atoms with Crippen LogP contribution in [0.1, 0.15) is 12.5 Å². The van der Waals surface area contributed by atoms with Crippen molar-refractivity contribution >= 4 is 11.6 Å². The lowest BCUT2D eigenvalue weighted by atomic mass is 10.1. The van der Waals surface area contributed by atoms with Crippen LogP contribution in [0.25, 0.3) is 0 Å². The van der Waals surface area contributed by atoms with Crippen LogP contribution in [-0.2, 0) is 11.2 Å². The minimum absolute atomic E-state index is 0.376. The molecule has 0 fully saturated rings. The lowest BCUT2D eigenvalue weighted by molar-refractivity contribution is 0.167. The lowest BCUT2D eigenvalue weighted by Crippen LogP contribution is -2.34. The van der Waals surface area contributed by atoms with Gasteiger partial charge in [0.25, 0.3) is 0 Å². The van der Waals surface area contributed by atoms with Crippen LogP contribution in [0.5, 0.6) is 0 Å². The average molecular weight is 228 g/mol. The van der Waals surface area contributed by atoms with Crippen molar-refractivity contribution in [3.05, 3.63) is 34.9 Å². The molecule has 1 N–H and O–H groups in total. The van der Waals surface area contributed by atoms with E-state index in [1.165, 1.54) is 5.56 Å². The first-order valence-corrected chi connectivity index (χ1v) is 5.60. The molecule has 2 nitrogen and oxygen atoms in total. The summed E-state index contributed by atoms with van der Waals surface area (Å²) in [5.41, 5.74) is 1.28. The number of methoxy groups -OCH3 is 1. The molecule has 0 radical (unpaired) electrons. The molecule has 0 saturated heterocycles. The first-order chi connectivity index (χ1) is 7.26. The molecule has 15 heavy (non-hydrogen) atoms. The topological polar surface area (TPSA) is 21.3 Å². The highest BCUT2D eigenvalue weighted by atomic mass is 35.5. The van der Waals surface area contributed by atoms with E-state index >= 15 is 0 Å². The highest BCUT2D eigenvalue weighted by molar-refractivity contribution is 6.30. The van der Waals surface area contributed by atoms with Gasteiger partial charge in [0.15, 0.2) is 0 Å². The molecular formula is C12H18ClNO. The fourth-order valence-electron chi connectivity index (χ4n) is 1.58. The van der Waals surface area contributed by atoms with Crippen molar-refractivity contribution < 1.29 is 4.74 Å². The smallest absolute Gasteiger partial charge is 0.0619 e. The molecule has 1 aromatic carbocycles. The maximum atomic E-state index is 5.83. The third-order valence-corrected chi connectivity index (χ3v) is 2.51. The van der Waals surface area contributed by atoms with Crippen molar-refractivity contribution in [2.75, 3.05) is 20.3 Å². The molecule has 0 saturated carbocycles. The van der Waals surface area contributed by atoms with Crippen LogP contribution in [-0.4, -0.2) is 26.3 Å². The SMILES string of the molecule is CCNC(COC)Cc1ccc(Cl)cc1. The quantitative estimate of drug-likeness (QED) is 0.807. The molecule has 0 amide bonds. The van der Waals surface area contributed by atoms with Crippen LogP contribution in [0.15, 0.2) is 24.3 Å². The second-order valence-electron chi connectivity index (χ2n) is 3.54. The van der Waals surface area contributed by atoms with Crippen molar-refractivity contribution in [2.45, 2.75) is 19.4 Å². The molecule has 0 heterocycles. The van der Waals surface area contributed by atoms with Crippen LogP contribution < -0.4 is 5.32 Å². The van der Waals surface area contributed by atoms with Crippen LogP contribution in [0.3, 0.4) is 0 Å². The Balaban J connectivity index is 2.53. The van der Waals surface area contributed by atoms with Crippen LogP contribution in [0, 0.1) is 0 Å². The normalized spacial score (nSPS) is 12.7. The summed E-state index contributed by atoms with van der Waals surface area (Å²) in [6.07, 6.45) is 0.971. The zero-order chi connectivity index (χ0) is 11.1. The monoisotopic (exact) mass is 227 g/mol. The first kappa shape index (κ1) is 12.5. The van der Waals surface area contributed by atoms with E-state index in [9.17, 15) is 0 Å². The fraction of sp³-hybridized carbons (Fsp3) is 0.500. The van der Waals surface area contributed by atoms with Gasteiger partial charge in [-0.05, 0) is 30.7 Å². The van der Waals surface area contributed by atoms with Crippen molar-refractivity contribution in [2.24, 2.45) is 0 Å². The second kappa shape index (κ2) is 6.83. The van der Waals surface area contributed by atoms with Crippen molar-refractivity contribution in [3.63, 3.8) is 0 Å². The van der Waals surface area contributed by atoms with Crippen molar-refractivity contribution in [1.82, 2.24) is 5.32 Å². The Kier molecular flexibility index (Phi) is 5.69. The Bertz CT molecular complexity index is 267. The highest BCUT2D eigenvalue weighted by Gasteiger charge is 2.07. The molecule has 1 unspecified atom stereocenters. The summed E-state index contributed by atoms with van der Waals surface area (Å²) < 4.78 is 5.16. The highest BCUT2D eigenvalue weighted by Crippen LogP contribution is 2.11. The number of hydrogen-bond donors (Lipinski definition) is 1. The minimum atomic E-state index is 0.376. The Hall–Kier alpha value is -0.570. The average Bonchev–Trinajstić information content (AvgIpc) is 2.22. The van der Waals surface area contributed by atoms with Crippen LogP contribution >= 0.6 is 11.6 Å². The molecule has 0 bridgehead atoms. The largest absolute Gasteiger partial charge is 0.383 e. The predicted molar refractivity (Wildman–Crippen MR) is 64.5 cm³/mol. The molecule has 0 aromatic heterocycles. The van der Waals surface area contributed by atoms with Gasteiger partial charge in [-0.25, -0.2) is 0 Å². The molecule has 0 aliphatic carbocycles. The summed E-state index contributed by atoms with van der Waals surface area (Å²) in [6.45, 7) is 3.79. The van der Waals surface area contributed by atoms with Gasteiger partial charge in [0, 0.05) is 18.2 Å². The van der Waals surface area contributed by atoms with Crippen LogP contribution in [0.4, 0.5) is 0 Å². The van der Waals surface area contributed by atoms with E-state index in [0.29, 0.717) is 6.04 Å². The minimum Gasteiger partial charge on any atom is -0.383 e. The molecule has 3 heteroatoms. The van der Waals surface area contributed by atoms with Gasteiger partial charge in [0.1, 0.15) is 0 Å². The van der Waals surface area contributed by atoms with E-state index in [2.05, 4.69) is 24.4 Å². The summed E-state index contributed by atoms with van der Waals surface area (Å²) in [5.74, 6) is 0. The second-order valence-corrected chi connectivity index (χ2v) is 3.98. The molecular weight excluding hydrogens is 210 g/mol. The molecule has 1 rings (SSSR count). The van der Waals surface area contributed by atoms with Gasteiger partial charge in [-0.2, -0.15) is 0 Å². The Morgan fingerprint density at radius 3 is 2.53 bits per heavy atom. The molecule has 1 atom stereocenters. The van der Waals surface area contributed by atoms with Gasteiger partial charge in [0.2, 0.25) is 0 Å². The van der Waals surface area contributed by atoms with E-state index in [1.807, 2.05) is 12.1 Å². The summed E-state index contributed by atoms with van der Waals surface area (Å²) in [5, 5.41) is 4.17. The summed E-state index contributed by atoms with van der Waals surface area (Å²) >= 11 is 5.83. The molecule has 84 valence electrons. The molecule has 0 aliphatic heterocycles. The van der Waals surface area contributed by atoms with E-state index in [0.717, 1.165) is 24.6 Å². The van der Waals surface area contributed by atoms with Crippen LogP contribution in [0.2, 0.25) is 5.02 Å². The maximum Gasteiger partial charge on any atom is 0.0619 e. The predicted octanol–water partition coefficient (Wildman–Crippen LogP) is 2.51. The van der Waals surface area contributed by atoms with Gasteiger partial charge >= 0.3 is 0 Å². The van der Waals surface area contributed by atoms with Crippen molar-refractivity contribution in [1.29, 1.82) is 0 Å². The van der Waals surface area contributed by atoms with E-state index in [4.69, 9.17) is 16.3 Å². The van der Waals surface area contributed by atoms with Gasteiger partial charge in [-0.15, -0.1) is 0 Å². The maximum absolute atomic E-state index is 5.83. The Labute approximate surface area is 96.6 Å². The lowest BCUT2D eigenvalue weighted by Gasteiger charge is -2.16. The standard InChI is InChI=1S/C12H18ClNO/c1-3-14-12(9-15-2)8-10-4-6-11(13)7-5-10/h4-7,12,14H,3,8-9H2,1-2H3. The zero-order valence-corrected chi connectivity index (χ0v) is 10.1. The van der Waals surface area contributed by atoms with E-state index < -0.39 is 0 Å². The number of nitrogens with one attached hydrogen (secondary N) is 1. The van der Waals surface area contributed by atoms with Gasteiger partial charge in [-0.3, -0.25) is 0 Å². The van der Waals surface area contributed by atoms with E-state index in [-0.39, 0.29) is 0 Å². The number of hydrogen-bond acceptors (Lipinski definition) is 2. The number of likely N-dealkylation sites (N-methyl/N-ethyl adjacent to an activating group) is 1. The molecule has 0 spiro atoms. The Morgan fingerprint density at radius 2 is 2.00 bits per heavy atom. The van der Waals surface area contributed by atoms with Crippen molar-refractivity contribution in [3.8, 4) is 0 Å². The van der Waals surface area contributed by atoms with Gasteiger partial charge in [-0.1, -0.05) is 30.7 Å². The molecule has 1 aromatic rings. The number of benzene rings is 1. The summed E-state index contributed by atoms with van der Waals surface area (Å²) in [7, 11) is 1.73. The summed E-state index contributed by atoms with van der Waals surface area (Å²) in [4.78, 5) is 0. The number of rotatable bonds is 6. The number of halogens is 1. The first-order valence-electron chi connectivity index (χ1n) is 5.23. The van der Waals surface area contributed by atoms with E-state index in [1.54, 1.807) is 7.11 Å². The van der Waals surface area contributed by atoms with Gasteiger partial charge in [0.05, 0.1) is 6.61 Å². The summed E-state index contributed by atoms with van der Waals surface area (Å²) in [6, 6.07) is 8.34. The van der Waals surface area contributed by atoms with Gasteiger partial charge < -0.3 is 10.1 Å². The third-order valence-electron chi connectivity index (χ3n) is 2.26. The molecule has 0 aliphatic rings. The zero-order valence-electron chi connectivity index (χ0n) is 9.29. The number of ether oxygens (including phenoxy) is 1. The fourth-order valence-corrected chi connectivity index (χ4v) is 1.71. The third kappa shape index (κ3) is 4.65.